The highest BCUT2D eigenvalue weighted by molar-refractivity contribution is 7.18. The number of aromatic nitrogens is 1. The zero-order valence-electron chi connectivity index (χ0n) is 23.8. The third-order valence-corrected chi connectivity index (χ3v) is 11.1. The van der Waals surface area contributed by atoms with Crippen molar-refractivity contribution in [1.82, 2.24) is 14.8 Å². The van der Waals surface area contributed by atoms with E-state index in [0.717, 1.165) is 50.3 Å². The molecular weight excluding hydrogens is 514 g/mol. The molecule has 0 radical (unpaired) electrons. The van der Waals surface area contributed by atoms with Crippen LogP contribution in [0.4, 0.5) is 0 Å². The number of fused-ring (bicyclic) bond motifs is 1. The fourth-order valence-corrected chi connectivity index (χ4v) is 8.87. The lowest BCUT2D eigenvalue weighted by atomic mass is 9.83. The van der Waals surface area contributed by atoms with Gasteiger partial charge in [-0.25, -0.2) is 4.98 Å². The molecule has 2 aliphatic heterocycles. The van der Waals surface area contributed by atoms with Crippen molar-refractivity contribution in [3.63, 3.8) is 0 Å². The number of aryl methyl sites for hydroxylation is 1. The number of carbonyl (C=O) groups is 1. The molecule has 6 heteroatoms. The number of rotatable bonds is 10. The van der Waals surface area contributed by atoms with E-state index in [1.807, 2.05) is 11.3 Å². The Balaban J connectivity index is 1.03. The molecule has 2 saturated heterocycles. The molecule has 0 bridgehead atoms. The fraction of sp³-hybridized carbons (Fsp3) is 0.588. The number of aliphatic carboxylic acids is 1. The van der Waals surface area contributed by atoms with Crippen molar-refractivity contribution in [2.24, 2.45) is 17.8 Å². The molecule has 1 aliphatic carbocycles. The van der Waals surface area contributed by atoms with Gasteiger partial charge in [-0.3, -0.25) is 9.69 Å². The number of carboxylic acid groups (broad SMARTS) is 1. The van der Waals surface area contributed by atoms with E-state index in [0.29, 0.717) is 17.8 Å². The lowest BCUT2D eigenvalue weighted by Crippen LogP contribution is -2.46. The topological polar surface area (TPSA) is 56.7 Å². The van der Waals surface area contributed by atoms with Crippen LogP contribution in [0.5, 0.6) is 0 Å². The van der Waals surface area contributed by atoms with Gasteiger partial charge in [0.1, 0.15) is 6.04 Å². The van der Waals surface area contributed by atoms with E-state index in [1.54, 1.807) is 0 Å². The van der Waals surface area contributed by atoms with E-state index >= 15 is 0 Å². The van der Waals surface area contributed by atoms with Crippen LogP contribution in [0, 0.1) is 17.8 Å². The van der Waals surface area contributed by atoms with Gasteiger partial charge < -0.3 is 10.0 Å². The third kappa shape index (κ3) is 6.61. The summed E-state index contributed by atoms with van der Waals surface area (Å²) in [6, 6.07) is 19.0. The first kappa shape index (κ1) is 27.9. The summed E-state index contributed by atoms with van der Waals surface area (Å²) < 4.78 is 1.30. The minimum absolute atomic E-state index is 0.305. The largest absolute Gasteiger partial charge is 0.480 e. The first-order chi connectivity index (χ1) is 19.6. The highest BCUT2D eigenvalue weighted by atomic mass is 32.1. The molecule has 1 aromatic heterocycles. The van der Waals surface area contributed by atoms with Gasteiger partial charge >= 0.3 is 5.97 Å². The molecule has 3 fully saturated rings. The van der Waals surface area contributed by atoms with Gasteiger partial charge in [-0.2, -0.15) is 0 Å². The molecule has 3 aliphatic rings. The average molecular weight is 560 g/mol. The van der Waals surface area contributed by atoms with Crippen LogP contribution in [-0.2, 0) is 11.2 Å². The van der Waals surface area contributed by atoms with Crippen molar-refractivity contribution in [1.29, 1.82) is 0 Å². The molecule has 0 spiro atoms. The Hall–Kier alpha value is -2.28. The van der Waals surface area contributed by atoms with Gasteiger partial charge in [-0.05, 0) is 93.5 Å². The zero-order chi connectivity index (χ0) is 27.3. The summed E-state index contributed by atoms with van der Waals surface area (Å²) in [4.78, 5) is 22.4. The Bertz CT molecular complexity index is 1200. The molecule has 2 aromatic carbocycles. The number of piperidine rings is 1. The summed E-state index contributed by atoms with van der Waals surface area (Å²) >= 11 is 1.85. The summed E-state index contributed by atoms with van der Waals surface area (Å²) in [5.74, 6) is 1.42. The SMILES string of the molecule is O=C(O)C(C1CCCCC1)N1CC(CN2CCC(CCCc3nc4ccccc4s3)CC2)C(c2ccccc2)C1. The van der Waals surface area contributed by atoms with Crippen LogP contribution in [0.25, 0.3) is 10.2 Å². The van der Waals surface area contributed by atoms with E-state index in [9.17, 15) is 9.90 Å². The van der Waals surface area contributed by atoms with Crippen LogP contribution in [0.15, 0.2) is 54.6 Å². The summed E-state index contributed by atoms with van der Waals surface area (Å²) in [5, 5.41) is 11.6. The zero-order valence-corrected chi connectivity index (χ0v) is 24.6. The van der Waals surface area contributed by atoms with Crippen molar-refractivity contribution in [3.05, 3.63) is 65.2 Å². The summed E-state index contributed by atoms with van der Waals surface area (Å²) in [7, 11) is 0. The van der Waals surface area contributed by atoms with Gasteiger partial charge in [0.2, 0.25) is 0 Å². The number of nitrogens with zero attached hydrogens (tertiary/aromatic N) is 3. The Morgan fingerprint density at radius 1 is 0.950 bits per heavy atom. The first-order valence-corrected chi connectivity index (χ1v) is 16.5. The lowest BCUT2D eigenvalue weighted by Gasteiger charge is -2.35. The highest BCUT2D eigenvalue weighted by Crippen LogP contribution is 2.39. The second kappa shape index (κ2) is 13.1. The molecule has 3 atom stereocenters. The van der Waals surface area contributed by atoms with Gasteiger partial charge in [0, 0.05) is 25.6 Å². The fourth-order valence-electron chi connectivity index (χ4n) is 7.86. The van der Waals surface area contributed by atoms with Gasteiger partial charge in [-0.1, -0.05) is 61.7 Å². The standard InChI is InChI=1S/C34H45N3O2S/c38-34(39)33(27-13-5-2-6-14-27)37-23-28(29(24-37)26-11-3-1-4-12-26)22-36-20-18-25(19-21-36)10-9-17-32-35-30-15-7-8-16-31(30)40-32/h1,3-4,7-8,11-12,15-16,25,27-29,33H,2,5-6,9-10,13-14,17-24H2,(H,38,39). The minimum atomic E-state index is -0.606. The van der Waals surface area contributed by atoms with Crippen molar-refractivity contribution in [2.45, 2.75) is 76.2 Å². The maximum absolute atomic E-state index is 12.5. The summed E-state index contributed by atoms with van der Waals surface area (Å²) in [6.07, 6.45) is 12.0. The third-order valence-electron chi connectivity index (χ3n) is 9.98. The van der Waals surface area contributed by atoms with Crippen LogP contribution < -0.4 is 0 Å². The van der Waals surface area contributed by atoms with E-state index in [2.05, 4.69) is 64.4 Å². The molecule has 3 aromatic rings. The van der Waals surface area contributed by atoms with Crippen LogP contribution in [-0.4, -0.2) is 64.6 Å². The second-order valence-electron chi connectivity index (χ2n) is 12.6. The number of hydrogen-bond acceptors (Lipinski definition) is 5. The van der Waals surface area contributed by atoms with E-state index in [1.165, 1.54) is 73.3 Å². The molecule has 3 heterocycles. The molecule has 5 nitrogen and oxygen atoms in total. The van der Waals surface area contributed by atoms with Gasteiger partial charge in [0.05, 0.1) is 15.2 Å². The molecule has 0 amide bonds. The normalized spacial score (nSPS) is 24.5. The summed E-state index contributed by atoms with van der Waals surface area (Å²) in [6.45, 7) is 5.23. The van der Waals surface area contributed by atoms with Crippen molar-refractivity contribution >= 4 is 27.5 Å². The van der Waals surface area contributed by atoms with Gasteiger partial charge in [0.15, 0.2) is 0 Å². The number of thiazole rings is 1. The maximum Gasteiger partial charge on any atom is 0.321 e. The second-order valence-corrected chi connectivity index (χ2v) is 13.7. The Morgan fingerprint density at radius 2 is 1.70 bits per heavy atom. The molecule has 1 saturated carbocycles. The molecule has 214 valence electrons. The lowest BCUT2D eigenvalue weighted by molar-refractivity contribution is -0.145. The van der Waals surface area contributed by atoms with Crippen LogP contribution in [0.1, 0.15) is 74.3 Å². The molecule has 3 unspecified atom stereocenters. The number of likely N-dealkylation sites (tertiary alicyclic amines) is 2. The molecule has 40 heavy (non-hydrogen) atoms. The number of hydrogen-bond donors (Lipinski definition) is 1. The van der Waals surface area contributed by atoms with Gasteiger partial charge in [0.25, 0.3) is 0 Å². The number of benzene rings is 2. The number of para-hydroxylation sites is 1. The highest BCUT2D eigenvalue weighted by Gasteiger charge is 2.43. The van der Waals surface area contributed by atoms with Crippen LogP contribution >= 0.6 is 11.3 Å². The first-order valence-electron chi connectivity index (χ1n) is 15.7. The van der Waals surface area contributed by atoms with Crippen LogP contribution in [0.2, 0.25) is 0 Å². The Morgan fingerprint density at radius 3 is 2.45 bits per heavy atom. The molecule has 6 rings (SSSR count). The van der Waals surface area contributed by atoms with Crippen molar-refractivity contribution in [3.8, 4) is 0 Å². The van der Waals surface area contributed by atoms with Crippen LogP contribution in [0.3, 0.4) is 0 Å². The molecule has 1 N–H and O–H groups in total. The Kier molecular flexibility index (Phi) is 9.15. The van der Waals surface area contributed by atoms with Gasteiger partial charge in [-0.15, -0.1) is 11.3 Å². The van der Waals surface area contributed by atoms with Crippen molar-refractivity contribution < 1.29 is 9.90 Å². The minimum Gasteiger partial charge on any atom is -0.480 e. The van der Waals surface area contributed by atoms with Crippen molar-refractivity contribution in [2.75, 3.05) is 32.7 Å². The predicted octanol–water partition coefficient (Wildman–Crippen LogP) is 7.08. The Labute approximate surface area is 243 Å². The van der Waals surface area contributed by atoms with E-state index in [-0.39, 0.29) is 6.04 Å². The smallest absolute Gasteiger partial charge is 0.321 e. The summed E-state index contributed by atoms with van der Waals surface area (Å²) in [5.41, 5.74) is 2.52. The monoisotopic (exact) mass is 559 g/mol. The quantitative estimate of drug-likeness (QED) is 0.288. The number of carboxylic acids is 1. The van der Waals surface area contributed by atoms with E-state index in [4.69, 9.17) is 4.98 Å². The van der Waals surface area contributed by atoms with E-state index < -0.39 is 5.97 Å². The maximum atomic E-state index is 12.5. The predicted molar refractivity (Wildman–Crippen MR) is 164 cm³/mol. The average Bonchev–Trinajstić information content (AvgIpc) is 3.59. The molecular formula is C34H45N3O2S.